The van der Waals surface area contributed by atoms with Gasteiger partial charge in [-0.1, -0.05) is 11.6 Å². The molecule has 8 heteroatoms. The molecule has 2 aromatic heterocycles. The highest BCUT2D eigenvalue weighted by atomic mass is 32.2. The van der Waals surface area contributed by atoms with E-state index in [2.05, 4.69) is 20.0 Å². The van der Waals surface area contributed by atoms with E-state index in [0.29, 0.717) is 17.3 Å². The quantitative estimate of drug-likeness (QED) is 0.646. The van der Waals surface area contributed by atoms with Crippen LogP contribution in [0.25, 0.3) is 10.9 Å². The van der Waals surface area contributed by atoms with Crippen molar-refractivity contribution in [1.82, 2.24) is 14.7 Å². The molecule has 0 aliphatic carbocycles. The third-order valence-electron chi connectivity index (χ3n) is 3.79. The van der Waals surface area contributed by atoms with Crippen LogP contribution in [0.15, 0.2) is 35.5 Å². The number of thiophene rings is 1. The number of aromatic nitrogens is 2. The lowest BCUT2D eigenvalue weighted by molar-refractivity contribution is 0.582. The van der Waals surface area contributed by atoms with Crippen LogP contribution in [0.3, 0.4) is 0 Å². The molecule has 0 bridgehead atoms. The molecule has 0 fully saturated rings. The van der Waals surface area contributed by atoms with Gasteiger partial charge < -0.3 is 5.32 Å². The van der Waals surface area contributed by atoms with Gasteiger partial charge in [-0.05, 0) is 39.0 Å². The normalized spacial score (nSPS) is 11.8. The first-order chi connectivity index (χ1) is 11.9. The van der Waals surface area contributed by atoms with E-state index in [9.17, 15) is 8.42 Å². The van der Waals surface area contributed by atoms with Gasteiger partial charge in [-0.25, -0.2) is 23.1 Å². The lowest BCUT2D eigenvalue weighted by Crippen LogP contribution is -2.29. The summed E-state index contributed by atoms with van der Waals surface area (Å²) in [7, 11) is -3.49. The smallest absolute Gasteiger partial charge is 0.241 e. The second-order valence-electron chi connectivity index (χ2n) is 5.84. The van der Waals surface area contributed by atoms with Crippen LogP contribution in [-0.4, -0.2) is 31.5 Å². The zero-order valence-corrected chi connectivity index (χ0v) is 16.0. The number of sulfonamides is 1. The topological polar surface area (TPSA) is 84.0 Å². The Labute approximate surface area is 151 Å². The fourth-order valence-electron chi connectivity index (χ4n) is 2.63. The lowest BCUT2D eigenvalue weighted by Gasteiger charge is -2.10. The van der Waals surface area contributed by atoms with Crippen molar-refractivity contribution < 1.29 is 8.42 Å². The van der Waals surface area contributed by atoms with Crippen LogP contribution in [0.1, 0.15) is 15.3 Å². The molecule has 0 radical (unpaired) electrons. The van der Waals surface area contributed by atoms with Crippen LogP contribution in [0.5, 0.6) is 0 Å². The summed E-state index contributed by atoms with van der Waals surface area (Å²) >= 11 is 1.48. The fourth-order valence-corrected chi connectivity index (χ4v) is 5.21. The van der Waals surface area contributed by atoms with Crippen molar-refractivity contribution in [3.63, 3.8) is 0 Å². The average molecular weight is 377 g/mol. The van der Waals surface area contributed by atoms with Crippen molar-refractivity contribution >= 4 is 38.1 Å². The number of fused-ring (bicyclic) bond motifs is 1. The highest BCUT2D eigenvalue weighted by Gasteiger charge is 2.18. The molecular formula is C17H20N4O2S2. The number of hydrogen-bond acceptors (Lipinski definition) is 6. The number of aryl methyl sites for hydroxylation is 3. The SMILES string of the molecule is Cc1ccc2ncnc(NCCNS(=O)(=O)c3cc(C)sc3C)c2c1. The van der Waals surface area contributed by atoms with E-state index in [0.717, 1.165) is 26.2 Å². The van der Waals surface area contributed by atoms with Gasteiger partial charge >= 0.3 is 0 Å². The van der Waals surface area contributed by atoms with Crippen molar-refractivity contribution in [2.75, 3.05) is 18.4 Å². The Morgan fingerprint density at radius 3 is 2.60 bits per heavy atom. The molecule has 0 aliphatic heterocycles. The molecule has 0 saturated carbocycles. The Hall–Kier alpha value is -2.03. The van der Waals surface area contributed by atoms with Crippen LogP contribution in [-0.2, 0) is 10.0 Å². The van der Waals surface area contributed by atoms with Crippen molar-refractivity contribution in [2.24, 2.45) is 0 Å². The van der Waals surface area contributed by atoms with Crippen LogP contribution >= 0.6 is 11.3 Å². The summed E-state index contributed by atoms with van der Waals surface area (Å²) in [6.07, 6.45) is 1.50. The minimum atomic E-state index is -3.49. The molecular weight excluding hydrogens is 356 g/mol. The third-order valence-corrected chi connectivity index (χ3v) is 6.47. The molecule has 0 spiro atoms. The van der Waals surface area contributed by atoms with E-state index in [-0.39, 0.29) is 6.54 Å². The maximum atomic E-state index is 12.4. The zero-order chi connectivity index (χ0) is 18.0. The maximum absolute atomic E-state index is 12.4. The summed E-state index contributed by atoms with van der Waals surface area (Å²) in [5, 5.41) is 4.11. The molecule has 0 aliphatic rings. The number of benzene rings is 1. The molecule has 2 N–H and O–H groups in total. The largest absolute Gasteiger partial charge is 0.368 e. The van der Waals surface area contributed by atoms with Crippen molar-refractivity contribution in [1.29, 1.82) is 0 Å². The molecule has 2 heterocycles. The molecule has 0 unspecified atom stereocenters. The van der Waals surface area contributed by atoms with E-state index in [1.807, 2.05) is 39.0 Å². The number of rotatable bonds is 6. The van der Waals surface area contributed by atoms with Crippen molar-refractivity contribution in [3.05, 3.63) is 45.9 Å². The summed E-state index contributed by atoms with van der Waals surface area (Å²) in [5.74, 6) is 0.704. The van der Waals surface area contributed by atoms with Gasteiger partial charge in [0.1, 0.15) is 12.1 Å². The summed E-state index contributed by atoms with van der Waals surface area (Å²) in [6.45, 7) is 6.44. The first-order valence-electron chi connectivity index (χ1n) is 7.89. The van der Waals surface area contributed by atoms with E-state index < -0.39 is 10.0 Å². The fraction of sp³-hybridized carbons (Fsp3) is 0.294. The Bertz CT molecular complexity index is 1010. The van der Waals surface area contributed by atoms with Crippen molar-refractivity contribution in [3.8, 4) is 0 Å². The Morgan fingerprint density at radius 1 is 1.08 bits per heavy atom. The van der Waals surface area contributed by atoms with Gasteiger partial charge in [-0.3, -0.25) is 0 Å². The van der Waals surface area contributed by atoms with E-state index in [1.54, 1.807) is 6.07 Å². The number of hydrogen-bond donors (Lipinski definition) is 2. The second kappa shape index (κ2) is 7.07. The summed E-state index contributed by atoms with van der Waals surface area (Å²) in [5.41, 5.74) is 1.97. The number of nitrogens with one attached hydrogen (secondary N) is 2. The predicted octanol–water partition coefficient (Wildman–Crippen LogP) is 3.01. The Balaban J connectivity index is 1.66. The molecule has 132 valence electrons. The van der Waals surface area contributed by atoms with Gasteiger partial charge in [0.25, 0.3) is 0 Å². The number of anilines is 1. The monoisotopic (exact) mass is 376 g/mol. The predicted molar refractivity (Wildman–Crippen MR) is 102 cm³/mol. The van der Waals surface area contributed by atoms with Crippen LogP contribution in [0.2, 0.25) is 0 Å². The van der Waals surface area contributed by atoms with Gasteiger partial charge in [0.15, 0.2) is 0 Å². The zero-order valence-electron chi connectivity index (χ0n) is 14.3. The molecule has 0 amide bonds. The molecule has 3 rings (SSSR count). The molecule has 25 heavy (non-hydrogen) atoms. The van der Waals surface area contributed by atoms with Gasteiger partial charge in [0, 0.05) is 28.2 Å². The summed E-state index contributed by atoms with van der Waals surface area (Å²) < 4.78 is 27.4. The highest BCUT2D eigenvalue weighted by Crippen LogP contribution is 2.24. The van der Waals surface area contributed by atoms with Crippen LogP contribution in [0, 0.1) is 20.8 Å². The number of nitrogens with zero attached hydrogens (tertiary/aromatic N) is 2. The maximum Gasteiger partial charge on any atom is 0.241 e. The van der Waals surface area contributed by atoms with E-state index in [4.69, 9.17) is 0 Å². The lowest BCUT2D eigenvalue weighted by atomic mass is 10.1. The third kappa shape index (κ3) is 3.97. The Kier molecular flexibility index (Phi) is 5.03. The summed E-state index contributed by atoms with van der Waals surface area (Å²) in [4.78, 5) is 10.6. The molecule has 0 atom stereocenters. The first kappa shape index (κ1) is 17.8. The van der Waals surface area contributed by atoms with Gasteiger partial charge in [-0.15, -0.1) is 11.3 Å². The van der Waals surface area contributed by atoms with Gasteiger partial charge in [-0.2, -0.15) is 0 Å². The minimum absolute atomic E-state index is 0.272. The highest BCUT2D eigenvalue weighted by molar-refractivity contribution is 7.89. The Morgan fingerprint density at radius 2 is 1.88 bits per heavy atom. The van der Waals surface area contributed by atoms with E-state index >= 15 is 0 Å². The molecule has 3 aromatic rings. The molecule has 0 saturated heterocycles. The van der Waals surface area contributed by atoms with Gasteiger partial charge in [0.05, 0.1) is 10.4 Å². The molecule has 6 nitrogen and oxygen atoms in total. The first-order valence-corrected chi connectivity index (χ1v) is 10.2. The van der Waals surface area contributed by atoms with Crippen molar-refractivity contribution in [2.45, 2.75) is 25.7 Å². The summed E-state index contributed by atoms with van der Waals surface area (Å²) in [6, 6.07) is 7.66. The van der Waals surface area contributed by atoms with E-state index in [1.165, 1.54) is 17.7 Å². The second-order valence-corrected chi connectivity index (χ2v) is 9.04. The van der Waals surface area contributed by atoms with Crippen LogP contribution < -0.4 is 10.0 Å². The van der Waals surface area contributed by atoms with Crippen LogP contribution in [0.4, 0.5) is 5.82 Å². The van der Waals surface area contributed by atoms with Gasteiger partial charge in [0.2, 0.25) is 10.0 Å². The average Bonchev–Trinajstić information content (AvgIpc) is 2.91. The standard InChI is InChI=1S/C17H20N4O2S2/c1-11-4-5-15-14(8-11)17(20-10-19-15)18-6-7-21-25(22,23)16-9-12(2)24-13(16)3/h4-5,8-10,21H,6-7H2,1-3H3,(H,18,19,20). The minimum Gasteiger partial charge on any atom is -0.368 e. The molecule has 1 aromatic carbocycles.